The lowest BCUT2D eigenvalue weighted by Crippen LogP contribution is -2.36. The number of rotatable bonds is 5. The molecular formula is C10H21N3O2. The van der Waals surface area contributed by atoms with Crippen LogP contribution in [0.15, 0.2) is 0 Å². The SMILES string of the molecule is CN(C)C1CCN(CCC(N)C(=O)O)C1. The lowest BCUT2D eigenvalue weighted by molar-refractivity contribution is -0.138. The molecule has 1 aliphatic rings. The molecule has 5 heteroatoms. The Labute approximate surface area is 90.8 Å². The summed E-state index contributed by atoms with van der Waals surface area (Å²) in [6.45, 7) is 2.87. The van der Waals surface area contributed by atoms with E-state index in [4.69, 9.17) is 10.8 Å². The number of aliphatic carboxylic acids is 1. The fourth-order valence-electron chi connectivity index (χ4n) is 1.88. The summed E-state index contributed by atoms with van der Waals surface area (Å²) in [7, 11) is 4.16. The molecule has 3 N–H and O–H groups in total. The van der Waals surface area contributed by atoms with Gasteiger partial charge < -0.3 is 20.6 Å². The van der Waals surface area contributed by atoms with Crippen molar-refractivity contribution in [3.63, 3.8) is 0 Å². The second-order valence-corrected chi connectivity index (χ2v) is 4.44. The predicted molar refractivity (Wildman–Crippen MR) is 58.8 cm³/mol. The van der Waals surface area contributed by atoms with Gasteiger partial charge >= 0.3 is 5.97 Å². The average molecular weight is 215 g/mol. The van der Waals surface area contributed by atoms with E-state index in [1.54, 1.807) is 0 Å². The van der Waals surface area contributed by atoms with Crippen molar-refractivity contribution in [2.45, 2.75) is 24.9 Å². The third-order valence-electron chi connectivity index (χ3n) is 3.05. The highest BCUT2D eigenvalue weighted by Crippen LogP contribution is 2.13. The first kappa shape index (κ1) is 12.4. The number of nitrogens with two attached hydrogens (primary N) is 1. The first-order chi connectivity index (χ1) is 7.00. The van der Waals surface area contributed by atoms with Gasteiger partial charge in [0.2, 0.25) is 0 Å². The van der Waals surface area contributed by atoms with Gasteiger partial charge in [-0.25, -0.2) is 0 Å². The van der Waals surface area contributed by atoms with Crippen molar-refractivity contribution < 1.29 is 9.90 Å². The number of nitrogens with zero attached hydrogens (tertiary/aromatic N) is 2. The number of hydrogen-bond donors (Lipinski definition) is 2. The zero-order valence-electron chi connectivity index (χ0n) is 9.52. The van der Waals surface area contributed by atoms with E-state index in [0.29, 0.717) is 12.5 Å². The van der Waals surface area contributed by atoms with E-state index in [-0.39, 0.29) is 0 Å². The van der Waals surface area contributed by atoms with Crippen LogP contribution in [-0.2, 0) is 4.79 Å². The van der Waals surface area contributed by atoms with Crippen LogP contribution in [0, 0.1) is 0 Å². The number of carboxylic acid groups (broad SMARTS) is 1. The molecule has 1 saturated heterocycles. The van der Waals surface area contributed by atoms with Gasteiger partial charge in [-0.15, -0.1) is 0 Å². The van der Waals surface area contributed by atoms with Crippen LogP contribution < -0.4 is 5.73 Å². The quantitative estimate of drug-likeness (QED) is 0.642. The summed E-state index contributed by atoms with van der Waals surface area (Å²) < 4.78 is 0. The minimum atomic E-state index is -0.904. The fraction of sp³-hybridized carbons (Fsp3) is 0.900. The van der Waals surface area contributed by atoms with Crippen molar-refractivity contribution >= 4 is 5.97 Å². The van der Waals surface area contributed by atoms with E-state index in [2.05, 4.69) is 23.9 Å². The summed E-state index contributed by atoms with van der Waals surface area (Å²) >= 11 is 0. The number of likely N-dealkylation sites (N-methyl/N-ethyl adjacent to an activating group) is 1. The normalized spacial score (nSPS) is 24.7. The summed E-state index contributed by atoms with van der Waals surface area (Å²) in [6, 6.07) is -0.116. The van der Waals surface area contributed by atoms with Gasteiger partial charge in [0.25, 0.3) is 0 Å². The maximum atomic E-state index is 10.5. The number of carbonyl (C=O) groups is 1. The minimum absolute atomic E-state index is 0.537. The summed E-state index contributed by atoms with van der Waals surface area (Å²) in [5.74, 6) is -0.904. The van der Waals surface area contributed by atoms with Gasteiger partial charge in [-0.05, 0) is 33.5 Å². The van der Waals surface area contributed by atoms with Gasteiger partial charge in [-0.2, -0.15) is 0 Å². The zero-order valence-corrected chi connectivity index (χ0v) is 9.52. The van der Waals surface area contributed by atoms with Crippen LogP contribution in [0.1, 0.15) is 12.8 Å². The van der Waals surface area contributed by atoms with Crippen molar-refractivity contribution in [2.75, 3.05) is 33.7 Å². The molecule has 0 aliphatic carbocycles. The zero-order chi connectivity index (χ0) is 11.4. The molecule has 1 aliphatic heterocycles. The summed E-state index contributed by atoms with van der Waals surface area (Å²) in [4.78, 5) is 15.0. The third-order valence-corrected chi connectivity index (χ3v) is 3.05. The molecule has 0 bridgehead atoms. The predicted octanol–water partition coefficient (Wildman–Crippen LogP) is -0.576. The maximum Gasteiger partial charge on any atom is 0.320 e. The third kappa shape index (κ3) is 3.77. The number of hydrogen-bond acceptors (Lipinski definition) is 4. The lowest BCUT2D eigenvalue weighted by Gasteiger charge is -2.20. The highest BCUT2D eigenvalue weighted by molar-refractivity contribution is 5.72. The van der Waals surface area contributed by atoms with Gasteiger partial charge in [0.15, 0.2) is 0 Å². The second kappa shape index (κ2) is 5.44. The second-order valence-electron chi connectivity index (χ2n) is 4.44. The van der Waals surface area contributed by atoms with Gasteiger partial charge in [0.05, 0.1) is 0 Å². The molecular weight excluding hydrogens is 194 g/mol. The van der Waals surface area contributed by atoms with E-state index in [1.165, 1.54) is 0 Å². The molecule has 0 radical (unpaired) electrons. The molecule has 5 nitrogen and oxygen atoms in total. The van der Waals surface area contributed by atoms with Crippen LogP contribution >= 0.6 is 0 Å². The minimum Gasteiger partial charge on any atom is -0.480 e. The Balaban J connectivity index is 2.22. The molecule has 2 unspecified atom stereocenters. The first-order valence-electron chi connectivity index (χ1n) is 5.38. The molecule has 1 rings (SSSR count). The van der Waals surface area contributed by atoms with E-state index in [0.717, 1.165) is 26.1 Å². The van der Waals surface area contributed by atoms with Gasteiger partial charge in [-0.3, -0.25) is 4.79 Å². The van der Waals surface area contributed by atoms with Crippen LogP contribution in [0.4, 0.5) is 0 Å². The van der Waals surface area contributed by atoms with E-state index in [1.807, 2.05) is 0 Å². The Morgan fingerprint density at radius 3 is 2.80 bits per heavy atom. The lowest BCUT2D eigenvalue weighted by atomic mass is 10.2. The Morgan fingerprint density at radius 2 is 2.33 bits per heavy atom. The van der Waals surface area contributed by atoms with Crippen LogP contribution in [0.5, 0.6) is 0 Å². The molecule has 15 heavy (non-hydrogen) atoms. The molecule has 1 fully saturated rings. The van der Waals surface area contributed by atoms with Crippen molar-refractivity contribution in [1.82, 2.24) is 9.80 Å². The maximum absolute atomic E-state index is 10.5. The highest BCUT2D eigenvalue weighted by Gasteiger charge is 2.24. The standard InChI is InChI=1S/C10H21N3O2/c1-12(2)8-3-5-13(7-8)6-4-9(11)10(14)15/h8-9H,3-7,11H2,1-2H3,(H,14,15). The molecule has 0 aromatic heterocycles. The fourth-order valence-corrected chi connectivity index (χ4v) is 1.88. The van der Waals surface area contributed by atoms with Crippen molar-refractivity contribution in [3.8, 4) is 0 Å². The summed E-state index contributed by atoms with van der Waals surface area (Å²) in [6.07, 6.45) is 1.70. The molecule has 0 amide bonds. The van der Waals surface area contributed by atoms with E-state index in [9.17, 15) is 4.79 Å². The molecule has 1 heterocycles. The number of likely N-dealkylation sites (tertiary alicyclic amines) is 1. The largest absolute Gasteiger partial charge is 0.480 e. The topological polar surface area (TPSA) is 69.8 Å². The van der Waals surface area contributed by atoms with Crippen LogP contribution in [-0.4, -0.2) is 66.7 Å². The Kier molecular flexibility index (Phi) is 4.50. The Bertz CT molecular complexity index is 221. The van der Waals surface area contributed by atoms with E-state index < -0.39 is 12.0 Å². The van der Waals surface area contributed by atoms with E-state index >= 15 is 0 Å². The van der Waals surface area contributed by atoms with Crippen molar-refractivity contribution in [3.05, 3.63) is 0 Å². The van der Waals surface area contributed by atoms with Gasteiger partial charge in [-0.1, -0.05) is 0 Å². The molecule has 0 spiro atoms. The molecule has 0 aromatic rings. The van der Waals surface area contributed by atoms with Crippen molar-refractivity contribution in [1.29, 1.82) is 0 Å². The molecule has 2 atom stereocenters. The molecule has 0 aromatic carbocycles. The monoisotopic (exact) mass is 215 g/mol. The molecule has 88 valence electrons. The Morgan fingerprint density at radius 1 is 1.67 bits per heavy atom. The Hall–Kier alpha value is -0.650. The van der Waals surface area contributed by atoms with Crippen LogP contribution in [0.3, 0.4) is 0 Å². The number of carboxylic acids is 1. The van der Waals surface area contributed by atoms with Crippen LogP contribution in [0.25, 0.3) is 0 Å². The summed E-state index contributed by atoms with van der Waals surface area (Å²) in [5, 5.41) is 8.64. The van der Waals surface area contributed by atoms with Gasteiger partial charge in [0.1, 0.15) is 6.04 Å². The molecule has 0 saturated carbocycles. The van der Waals surface area contributed by atoms with Crippen molar-refractivity contribution in [2.24, 2.45) is 5.73 Å². The van der Waals surface area contributed by atoms with Gasteiger partial charge in [0, 0.05) is 19.1 Å². The smallest absolute Gasteiger partial charge is 0.320 e. The summed E-state index contributed by atoms with van der Waals surface area (Å²) in [5.41, 5.74) is 5.45. The average Bonchev–Trinajstić information content (AvgIpc) is 2.62. The highest BCUT2D eigenvalue weighted by atomic mass is 16.4. The van der Waals surface area contributed by atoms with Crippen LogP contribution in [0.2, 0.25) is 0 Å². The first-order valence-corrected chi connectivity index (χ1v) is 5.38.